The zero-order chi connectivity index (χ0) is 20.2. The number of aliphatic imine (C=N–C) groups is 1. The zero-order valence-electron chi connectivity index (χ0n) is 17.6. The number of nitrogens with zero attached hydrogens (tertiary/aromatic N) is 3. The van der Waals surface area contributed by atoms with E-state index in [4.69, 9.17) is 4.99 Å². The molecule has 28 heavy (non-hydrogen) atoms. The van der Waals surface area contributed by atoms with Gasteiger partial charge in [0.05, 0.1) is 6.54 Å². The normalized spacial score (nSPS) is 16.5. The lowest BCUT2D eigenvalue weighted by atomic mass is 10.1. The van der Waals surface area contributed by atoms with E-state index in [-0.39, 0.29) is 5.91 Å². The predicted molar refractivity (Wildman–Crippen MR) is 116 cm³/mol. The summed E-state index contributed by atoms with van der Waals surface area (Å²) in [6.07, 6.45) is 2.07. The molecule has 3 N–H and O–H groups in total. The minimum atomic E-state index is -0.0515. The molecule has 1 aliphatic heterocycles. The quantitative estimate of drug-likeness (QED) is 0.454. The fraction of sp³-hybridized carbons (Fsp3) is 0.619. The maximum Gasteiger partial charge on any atom is 0.251 e. The van der Waals surface area contributed by atoms with Gasteiger partial charge in [-0.15, -0.1) is 0 Å². The van der Waals surface area contributed by atoms with Gasteiger partial charge in [0.25, 0.3) is 5.91 Å². The predicted octanol–water partition coefficient (Wildman–Crippen LogP) is 0.781. The fourth-order valence-corrected chi connectivity index (χ4v) is 3.31. The van der Waals surface area contributed by atoms with Gasteiger partial charge < -0.3 is 25.8 Å². The lowest BCUT2D eigenvalue weighted by Crippen LogP contribution is -2.39. The van der Waals surface area contributed by atoms with E-state index in [0.717, 1.165) is 63.8 Å². The molecule has 1 aliphatic rings. The van der Waals surface area contributed by atoms with Crippen LogP contribution in [0.25, 0.3) is 0 Å². The SMILES string of the molecule is CCNC(=NCCN1CCCN(C)CC1)NCCc1cccc(C(=O)NC)c1. The lowest BCUT2D eigenvalue weighted by Gasteiger charge is -2.19. The summed E-state index contributed by atoms with van der Waals surface area (Å²) in [6.45, 7) is 10.1. The maximum absolute atomic E-state index is 11.8. The van der Waals surface area contributed by atoms with E-state index in [2.05, 4.69) is 45.8 Å². The summed E-state index contributed by atoms with van der Waals surface area (Å²) in [5.74, 6) is 0.807. The van der Waals surface area contributed by atoms with E-state index in [1.54, 1.807) is 7.05 Å². The minimum absolute atomic E-state index is 0.0515. The van der Waals surface area contributed by atoms with E-state index >= 15 is 0 Å². The Morgan fingerprint density at radius 3 is 2.82 bits per heavy atom. The number of likely N-dealkylation sites (N-methyl/N-ethyl adjacent to an activating group) is 1. The monoisotopic (exact) mass is 388 g/mol. The van der Waals surface area contributed by atoms with Crippen LogP contribution in [-0.4, -0.2) is 88.1 Å². The van der Waals surface area contributed by atoms with Crippen LogP contribution in [-0.2, 0) is 6.42 Å². The molecule has 1 fully saturated rings. The molecule has 0 aromatic heterocycles. The number of benzene rings is 1. The van der Waals surface area contributed by atoms with E-state index in [1.807, 2.05) is 18.2 Å². The van der Waals surface area contributed by atoms with Gasteiger partial charge in [-0.2, -0.15) is 0 Å². The van der Waals surface area contributed by atoms with Gasteiger partial charge in [-0.3, -0.25) is 9.79 Å². The van der Waals surface area contributed by atoms with Crippen LogP contribution in [0.1, 0.15) is 29.3 Å². The zero-order valence-corrected chi connectivity index (χ0v) is 17.6. The summed E-state index contributed by atoms with van der Waals surface area (Å²) >= 11 is 0. The minimum Gasteiger partial charge on any atom is -0.357 e. The molecule has 0 saturated carbocycles. The fourth-order valence-electron chi connectivity index (χ4n) is 3.31. The first-order valence-electron chi connectivity index (χ1n) is 10.4. The molecule has 1 aromatic rings. The molecule has 156 valence electrons. The van der Waals surface area contributed by atoms with Gasteiger partial charge in [-0.05, 0) is 57.6 Å². The first-order valence-corrected chi connectivity index (χ1v) is 10.4. The average Bonchev–Trinajstić information content (AvgIpc) is 2.92. The number of guanidine groups is 1. The third kappa shape index (κ3) is 7.86. The number of carbonyl (C=O) groups excluding carboxylic acids is 1. The third-order valence-corrected chi connectivity index (χ3v) is 4.96. The third-order valence-electron chi connectivity index (χ3n) is 4.96. The Morgan fingerprint density at radius 2 is 2.04 bits per heavy atom. The molecule has 1 aromatic carbocycles. The Morgan fingerprint density at radius 1 is 1.18 bits per heavy atom. The Labute approximate surface area is 169 Å². The molecule has 7 nitrogen and oxygen atoms in total. The van der Waals surface area contributed by atoms with Gasteiger partial charge in [-0.25, -0.2) is 0 Å². The van der Waals surface area contributed by atoms with Crippen molar-refractivity contribution >= 4 is 11.9 Å². The summed E-state index contributed by atoms with van der Waals surface area (Å²) in [5, 5.41) is 9.38. The molecule has 0 radical (unpaired) electrons. The molecule has 1 saturated heterocycles. The van der Waals surface area contributed by atoms with Gasteiger partial charge in [0, 0.05) is 45.3 Å². The molecule has 7 heteroatoms. The number of rotatable bonds is 8. The first kappa shape index (κ1) is 22.2. The van der Waals surface area contributed by atoms with Crippen molar-refractivity contribution in [2.24, 2.45) is 4.99 Å². The molecule has 2 rings (SSSR count). The number of carbonyl (C=O) groups is 1. The molecule has 0 atom stereocenters. The highest BCUT2D eigenvalue weighted by Gasteiger charge is 2.11. The second-order valence-electron chi connectivity index (χ2n) is 7.22. The van der Waals surface area contributed by atoms with Crippen molar-refractivity contribution in [3.05, 3.63) is 35.4 Å². The molecular weight excluding hydrogens is 352 g/mol. The van der Waals surface area contributed by atoms with Crippen LogP contribution in [0.15, 0.2) is 29.3 Å². The van der Waals surface area contributed by atoms with Crippen molar-refractivity contribution < 1.29 is 4.79 Å². The van der Waals surface area contributed by atoms with Crippen molar-refractivity contribution in [3.8, 4) is 0 Å². The van der Waals surface area contributed by atoms with Crippen molar-refractivity contribution in [1.29, 1.82) is 0 Å². The average molecular weight is 389 g/mol. The smallest absolute Gasteiger partial charge is 0.251 e. The highest BCUT2D eigenvalue weighted by atomic mass is 16.1. The van der Waals surface area contributed by atoms with Crippen molar-refractivity contribution in [2.75, 3.05) is 66.5 Å². The molecule has 0 spiro atoms. The summed E-state index contributed by atoms with van der Waals surface area (Å²) in [5.41, 5.74) is 1.84. The van der Waals surface area contributed by atoms with Crippen molar-refractivity contribution in [1.82, 2.24) is 25.8 Å². The Bertz CT molecular complexity index is 633. The van der Waals surface area contributed by atoms with Crippen LogP contribution in [0, 0.1) is 0 Å². The summed E-state index contributed by atoms with van der Waals surface area (Å²) in [4.78, 5) is 21.4. The number of nitrogens with one attached hydrogen (secondary N) is 3. The van der Waals surface area contributed by atoms with Gasteiger partial charge >= 0.3 is 0 Å². The summed E-state index contributed by atoms with van der Waals surface area (Å²) in [7, 11) is 3.85. The van der Waals surface area contributed by atoms with Crippen LogP contribution in [0.4, 0.5) is 0 Å². The van der Waals surface area contributed by atoms with Crippen molar-refractivity contribution in [2.45, 2.75) is 19.8 Å². The second kappa shape index (κ2) is 12.4. The largest absolute Gasteiger partial charge is 0.357 e. The molecule has 0 aliphatic carbocycles. The molecule has 1 amide bonds. The Kier molecular flexibility index (Phi) is 9.79. The van der Waals surface area contributed by atoms with Gasteiger partial charge in [0.1, 0.15) is 0 Å². The number of hydrogen-bond donors (Lipinski definition) is 3. The van der Waals surface area contributed by atoms with Gasteiger partial charge in [0.2, 0.25) is 0 Å². The molecular formula is C21H36N6O. The first-order chi connectivity index (χ1) is 13.6. The highest BCUT2D eigenvalue weighted by Crippen LogP contribution is 2.05. The molecule has 0 bridgehead atoms. The molecule has 0 unspecified atom stereocenters. The Balaban J connectivity index is 1.78. The van der Waals surface area contributed by atoms with Crippen LogP contribution in [0.3, 0.4) is 0 Å². The highest BCUT2D eigenvalue weighted by molar-refractivity contribution is 5.94. The van der Waals surface area contributed by atoms with E-state index in [0.29, 0.717) is 5.56 Å². The topological polar surface area (TPSA) is 72.0 Å². The Hall–Kier alpha value is -2.12. The van der Waals surface area contributed by atoms with Crippen LogP contribution in [0.5, 0.6) is 0 Å². The van der Waals surface area contributed by atoms with Crippen LogP contribution >= 0.6 is 0 Å². The van der Waals surface area contributed by atoms with Crippen molar-refractivity contribution in [3.63, 3.8) is 0 Å². The summed E-state index contributed by atoms with van der Waals surface area (Å²) < 4.78 is 0. The lowest BCUT2D eigenvalue weighted by molar-refractivity contribution is 0.0963. The maximum atomic E-state index is 11.8. The van der Waals surface area contributed by atoms with Gasteiger partial charge in [-0.1, -0.05) is 12.1 Å². The summed E-state index contributed by atoms with van der Waals surface area (Å²) in [6, 6.07) is 7.76. The van der Waals surface area contributed by atoms with E-state index < -0.39 is 0 Å². The van der Waals surface area contributed by atoms with Crippen LogP contribution in [0.2, 0.25) is 0 Å². The van der Waals surface area contributed by atoms with E-state index in [1.165, 1.54) is 13.0 Å². The standard InChI is InChI=1S/C21H36N6O/c1-4-23-21(25-11-14-27-13-6-12-26(3)15-16-27)24-10-9-18-7-5-8-19(17-18)20(28)22-2/h5,7-8,17H,4,6,9-16H2,1-3H3,(H,22,28)(H2,23,24,25). The number of hydrogen-bond acceptors (Lipinski definition) is 4. The van der Waals surface area contributed by atoms with E-state index in [9.17, 15) is 4.79 Å². The van der Waals surface area contributed by atoms with Crippen LogP contribution < -0.4 is 16.0 Å². The molecule has 1 heterocycles. The number of amides is 1. The van der Waals surface area contributed by atoms with Gasteiger partial charge in [0.15, 0.2) is 5.96 Å². The second-order valence-corrected chi connectivity index (χ2v) is 7.22.